The predicted octanol–water partition coefficient (Wildman–Crippen LogP) is 4.35. The number of ether oxygens (including phenoxy) is 1. The second kappa shape index (κ2) is 14.9. The molecule has 0 amide bonds. The Morgan fingerprint density at radius 3 is 2.21 bits per heavy atom. The van der Waals surface area contributed by atoms with E-state index in [0.717, 1.165) is 13.2 Å². The van der Waals surface area contributed by atoms with E-state index in [1.807, 2.05) is 34.6 Å². The monoisotopic (exact) mass is 198 g/mol. The molecule has 14 heavy (non-hydrogen) atoms. The molecule has 84 valence electrons. The van der Waals surface area contributed by atoms with E-state index >= 15 is 0 Å². The van der Waals surface area contributed by atoms with Gasteiger partial charge in [0, 0.05) is 6.61 Å². The lowest BCUT2D eigenvalue weighted by molar-refractivity contribution is 0.172. The van der Waals surface area contributed by atoms with E-state index in [9.17, 15) is 0 Å². The lowest BCUT2D eigenvalue weighted by atomic mass is 10.1. The van der Waals surface area contributed by atoms with Crippen molar-refractivity contribution < 1.29 is 4.74 Å². The van der Waals surface area contributed by atoms with Crippen molar-refractivity contribution in [1.29, 1.82) is 0 Å². The second-order valence-corrected chi connectivity index (χ2v) is 2.40. The first-order valence-electron chi connectivity index (χ1n) is 5.87. The summed E-state index contributed by atoms with van der Waals surface area (Å²) in [6, 6.07) is 0. The van der Waals surface area contributed by atoms with Crippen molar-refractivity contribution in [2.45, 2.75) is 47.5 Å². The summed E-state index contributed by atoms with van der Waals surface area (Å²) >= 11 is 0. The SMILES string of the molecule is CC.CC.CCOCC1=CCCC=C1. The minimum atomic E-state index is 0.785. The molecule has 0 aromatic carbocycles. The molecule has 1 aliphatic carbocycles. The van der Waals surface area contributed by atoms with Crippen LogP contribution in [0.1, 0.15) is 47.5 Å². The summed E-state index contributed by atoms with van der Waals surface area (Å²) in [5.41, 5.74) is 1.33. The normalized spacial score (nSPS) is 13.1. The van der Waals surface area contributed by atoms with Gasteiger partial charge in [-0.3, -0.25) is 0 Å². The highest BCUT2D eigenvalue weighted by Gasteiger charge is 1.95. The van der Waals surface area contributed by atoms with Gasteiger partial charge in [-0.05, 0) is 25.3 Å². The Morgan fingerprint density at radius 2 is 1.79 bits per heavy atom. The maximum atomic E-state index is 5.25. The third kappa shape index (κ3) is 9.53. The van der Waals surface area contributed by atoms with E-state index in [1.54, 1.807) is 0 Å². The summed E-state index contributed by atoms with van der Waals surface area (Å²) in [4.78, 5) is 0. The Hall–Kier alpha value is -0.560. The van der Waals surface area contributed by atoms with Crippen LogP contribution in [0.4, 0.5) is 0 Å². The van der Waals surface area contributed by atoms with Gasteiger partial charge in [-0.25, -0.2) is 0 Å². The standard InChI is InChI=1S/C9H14O.2C2H6/c1-2-10-8-9-6-4-3-5-7-9;2*1-2/h4,6-7H,2-3,5,8H2,1H3;2*1-2H3. The fourth-order valence-corrected chi connectivity index (χ4v) is 0.995. The first kappa shape index (κ1) is 15.9. The summed E-state index contributed by atoms with van der Waals surface area (Å²) < 4.78 is 5.25. The Balaban J connectivity index is 0. The molecular weight excluding hydrogens is 172 g/mol. The van der Waals surface area contributed by atoms with Gasteiger partial charge in [0.05, 0.1) is 6.61 Å². The highest BCUT2D eigenvalue weighted by Crippen LogP contribution is 2.09. The molecule has 0 bridgehead atoms. The topological polar surface area (TPSA) is 9.23 Å². The van der Waals surface area contributed by atoms with Crippen LogP contribution < -0.4 is 0 Å². The van der Waals surface area contributed by atoms with Gasteiger partial charge in [-0.1, -0.05) is 45.9 Å². The number of allylic oxidation sites excluding steroid dienone is 2. The van der Waals surface area contributed by atoms with E-state index in [2.05, 4.69) is 18.2 Å². The van der Waals surface area contributed by atoms with Gasteiger partial charge in [0.2, 0.25) is 0 Å². The molecule has 0 aromatic rings. The average molecular weight is 198 g/mol. The molecule has 0 aliphatic heterocycles. The molecule has 1 heteroatoms. The lowest BCUT2D eigenvalue weighted by Gasteiger charge is -2.05. The smallest absolute Gasteiger partial charge is 0.0713 e. The molecular formula is C13H26O. The minimum Gasteiger partial charge on any atom is -0.377 e. The van der Waals surface area contributed by atoms with Gasteiger partial charge < -0.3 is 4.74 Å². The Bertz CT molecular complexity index is 145. The van der Waals surface area contributed by atoms with Crippen LogP contribution in [-0.4, -0.2) is 13.2 Å². The molecule has 0 radical (unpaired) electrons. The molecule has 0 aromatic heterocycles. The van der Waals surface area contributed by atoms with Crippen molar-refractivity contribution in [2.24, 2.45) is 0 Å². The van der Waals surface area contributed by atoms with Crippen molar-refractivity contribution in [3.8, 4) is 0 Å². The molecule has 1 nitrogen and oxygen atoms in total. The van der Waals surface area contributed by atoms with Gasteiger partial charge >= 0.3 is 0 Å². The highest BCUT2D eigenvalue weighted by atomic mass is 16.5. The van der Waals surface area contributed by atoms with Gasteiger partial charge in [0.25, 0.3) is 0 Å². The molecule has 0 unspecified atom stereocenters. The summed E-state index contributed by atoms with van der Waals surface area (Å²) in [6.45, 7) is 11.6. The van der Waals surface area contributed by atoms with Crippen LogP contribution in [0, 0.1) is 0 Å². The summed E-state index contributed by atoms with van der Waals surface area (Å²) in [5.74, 6) is 0. The van der Waals surface area contributed by atoms with Gasteiger partial charge in [0.15, 0.2) is 0 Å². The van der Waals surface area contributed by atoms with Crippen molar-refractivity contribution in [3.63, 3.8) is 0 Å². The molecule has 0 fully saturated rings. The van der Waals surface area contributed by atoms with Crippen LogP contribution in [0.3, 0.4) is 0 Å². The van der Waals surface area contributed by atoms with Gasteiger partial charge in [-0.2, -0.15) is 0 Å². The fourth-order valence-electron chi connectivity index (χ4n) is 0.995. The zero-order chi connectivity index (χ0) is 11.2. The Morgan fingerprint density at radius 1 is 1.14 bits per heavy atom. The Labute approximate surface area is 89.9 Å². The molecule has 0 spiro atoms. The highest BCUT2D eigenvalue weighted by molar-refractivity contribution is 5.22. The lowest BCUT2D eigenvalue weighted by Crippen LogP contribution is -1.97. The number of rotatable bonds is 3. The average Bonchev–Trinajstić information content (AvgIpc) is 2.33. The van der Waals surface area contributed by atoms with Crippen LogP contribution in [-0.2, 0) is 4.74 Å². The fraction of sp³-hybridized carbons (Fsp3) is 0.692. The van der Waals surface area contributed by atoms with Gasteiger partial charge in [0.1, 0.15) is 0 Å². The second-order valence-electron chi connectivity index (χ2n) is 2.40. The van der Waals surface area contributed by atoms with E-state index in [-0.39, 0.29) is 0 Å². The molecule has 0 atom stereocenters. The summed E-state index contributed by atoms with van der Waals surface area (Å²) in [6.07, 6.45) is 8.97. The van der Waals surface area contributed by atoms with Crippen LogP contribution >= 0.6 is 0 Å². The molecule has 0 saturated heterocycles. The van der Waals surface area contributed by atoms with E-state index < -0.39 is 0 Å². The van der Waals surface area contributed by atoms with Crippen molar-refractivity contribution >= 4 is 0 Å². The molecule has 1 rings (SSSR count). The van der Waals surface area contributed by atoms with Gasteiger partial charge in [-0.15, -0.1) is 0 Å². The van der Waals surface area contributed by atoms with Crippen LogP contribution in [0.5, 0.6) is 0 Å². The molecule has 0 heterocycles. The Kier molecular flexibility index (Phi) is 17.0. The summed E-state index contributed by atoms with van der Waals surface area (Å²) in [7, 11) is 0. The first-order chi connectivity index (χ1) is 6.93. The third-order valence-electron chi connectivity index (χ3n) is 1.54. The van der Waals surface area contributed by atoms with E-state index in [0.29, 0.717) is 0 Å². The van der Waals surface area contributed by atoms with Crippen LogP contribution in [0.2, 0.25) is 0 Å². The maximum absolute atomic E-state index is 5.25. The largest absolute Gasteiger partial charge is 0.377 e. The molecule has 1 aliphatic rings. The van der Waals surface area contributed by atoms with Crippen LogP contribution in [0.15, 0.2) is 23.8 Å². The quantitative estimate of drug-likeness (QED) is 0.655. The first-order valence-corrected chi connectivity index (χ1v) is 5.87. The summed E-state index contributed by atoms with van der Waals surface area (Å²) in [5, 5.41) is 0. The predicted molar refractivity (Wildman–Crippen MR) is 65.6 cm³/mol. The van der Waals surface area contributed by atoms with Crippen LogP contribution in [0.25, 0.3) is 0 Å². The third-order valence-corrected chi connectivity index (χ3v) is 1.54. The molecule has 0 N–H and O–H groups in total. The zero-order valence-electron chi connectivity index (χ0n) is 10.5. The van der Waals surface area contributed by atoms with Crippen molar-refractivity contribution in [2.75, 3.05) is 13.2 Å². The zero-order valence-corrected chi connectivity index (χ0v) is 10.5. The maximum Gasteiger partial charge on any atom is 0.0713 e. The number of hydrogen-bond donors (Lipinski definition) is 0. The van der Waals surface area contributed by atoms with Crippen molar-refractivity contribution in [3.05, 3.63) is 23.8 Å². The molecule has 0 saturated carbocycles. The van der Waals surface area contributed by atoms with E-state index in [1.165, 1.54) is 18.4 Å². The number of hydrogen-bond acceptors (Lipinski definition) is 1. The minimum absolute atomic E-state index is 0.785. The van der Waals surface area contributed by atoms with E-state index in [4.69, 9.17) is 4.74 Å². The van der Waals surface area contributed by atoms with Crippen molar-refractivity contribution in [1.82, 2.24) is 0 Å².